The topological polar surface area (TPSA) is 25.0 Å². The second-order valence-corrected chi connectivity index (χ2v) is 1.98. The van der Waals surface area contributed by atoms with Crippen molar-refractivity contribution in [3.05, 3.63) is 36.9 Å². The Morgan fingerprint density at radius 3 is 3.20 bits per heavy atom. The molecule has 1 aromatic heterocycles. The highest BCUT2D eigenvalue weighted by molar-refractivity contribution is 5.03. The summed E-state index contributed by atoms with van der Waals surface area (Å²) < 4.78 is 4.95. The van der Waals surface area contributed by atoms with Gasteiger partial charge in [-0.05, 0) is 12.1 Å². The molecular formula is C8H11NO. The molecule has 0 spiro atoms. The van der Waals surface area contributed by atoms with Gasteiger partial charge in [-0.2, -0.15) is 0 Å². The largest absolute Gasteiger partial charge is 0.501 e. The number of hydrogen-bond acceptors (Lipinski definition) is 1. The van der Waals surface area contributed by atoms with Gasteiger partial charge in [0.1, 0.15) is 0 Å². The molecule has 0 saturated heterocycles. The molecule has 2 heteroatoms. The maximum absolute atomic E-state index is 4.95. The molecule has 1 N–H and O–H groups in total. The summed E-state index contributed by atoms with van der Waals surface area (Å²) >= 11 is 0. The van der Waals surface area contributed by atoms with E-state index >= 15 is 0 Å². The lowest BCUT2D eigenvalue weighted by Gasteiger charge is -1.96. The van der Waals surface area contributed by atoms with E-state index in [0.29, 0.717) is 6.61 Å². The molecular weight excluding hydrogens is 126 g/mol. The Kier molecular flexibility index (Phi) is 2.62. The van der Waals surface area contributed by atoms with Crippen molar-refractivity contribution in [3.8, 4) is 0 Å². The molecule has 0 aliphatic rings. The summed E-state index contributed by atoms with van der Waals surface area (Å²) in [6.45, 7) is 4.15. The van der Waals surface area contributed by atoms with E-state index in [0.717, 1.165) is 6.42 Å². The Bertz CT molecular complexity index is 179. The maximum Gasteiger partial charge on any atom is 0.0927 e. The number of aromatic nitrogens is 1. The SMILES string of the molecule is C=COCCc1ccc[nH]1. The Labute approximate surface area is 60.5 Å². The van der Waals surface area contributed by atoms with Gasteiger partial charge < -0.3 is 9.72 Å². The summed E-state index contributed by atoms with van der Waals surface area (Å²) in [5, 5.41) is 0. The maximum atomic E-state index is 4.95. The van der Waals surface area contributed by atoms with Gasteiger partial charge in [0.2, 0.25) is 0 Å². The highest BCUT2D eigenvalue weighted by atomic mass is 16.5. The van der Waals surface area contributed by atoms with Crippen molar-refractivity contribution in [1.82, 2.24) is 4.98 Å². The van der Waals surface area contributed by atoms with E-state index < -0.39 is 0 Å². The molecule has 0 fully saturated rings. The standard InChI is InChI=1S/C8H11NO/c1-2-10-7-5-8-4-3-6-9-8/h2-4,6,9H,1,5,7H2. The van der Waals surface area contributed by atoms with Crippen LogP contribution in [0.3, 0.4) is 0 Å². The van der Waals surface area contributed by atoms with Crippen LogP contribution in [-0.2, 0) is 11.2 Å². The van der Waals surface area contributed by atoms with Crippen LogP contribution in [0.1, 0.15) is 5.69 Å². The number of nitrogens with one attached hydrogen (secondary N) is 1. The first kappa shape index (κ1) is 6.93. The van der Waals surface area contributed by atoms with E-state index in [9.17, 15) is 0 Å². The molecule has 0 amide bonds. The van der Waals surface area contributed by atoms with Gasteiger partial charge in [-0.15, -0.1) is 0 Å². The third kappa shape index (κ3) is 1.97. The number of aromatic amines is 1. The van der Waals surface area contributed by atoms with Gasteiger partial charge in [-0.25, -0.2) is 0 Å². The van der Waals surface area contributed by atoms with Crippen molar-refractivity contribution in [2.75, 3.05) is 6.61 Å². The highest BCUT2D eigenvalue weighted by Gasteiger charge is 1.89. The third-order valence-corrected chi connectivity index (χ3v) is 1.27. The fraction of sp³-hybridized carbons (Fsp3) is 0.250. The molecule has 1 aromatic rings. The van der Waals surface area contributed by atoms with Gasteiger partial charge in [0.15, 0.2) is 0 Å². The van der Waals surface area contributed by atoms with E-state index in [1.165, 1.54) is 12.0 Å². The van der Waals surface area contributed by atoms with Gasteiger partial charge in [-0.1, -0.05) is 6.58 Å². The van der Waals surface area contributed by atoms with Crippen molar-refractivity contribution in [1.29, 1.82) is 0 Å². The minimum Gasteiger partial charge on any atom is -0.501 e. The second-order valence-electron chi connectivity index (χ2n) is 1.98. The Balaban J connectivity index is 2.21. The fourth-order valence-electron chi connectivity index (χ4n) is 0.775. The first-order valence-electron chi connectivity index (χ1n) is 3.28. The van der Waals surface area contributed by atoms with Crippen LogP contribution < -0.4 is 0 Å². The molecule has 10 heavy (non-hydrogen) atoms. The van der Waals surface area contributed by atoms with Crippen molar-refractivity contribution in [2.45, 2.75) is 6.42 Å². The quantitative estimate of drug-likeness (QED) is 0.496. The minimum atomic E-state index is 0.698. The molecule has 0 aromatic carbocycles. The van der Waals surface area contributed by atoms with Crippen molar-refractivity contribution in [3.63, 3.8) is 0 Å². The van der Waals surface area contributed by atoms with Gasteiger partial charge in [0, 0.05) is 18.3 Å². The van der Waals surface area contributed by atoms with Crippen molar-refractivity contribution >= 4 is 0 Å². The predicted octanol–water partition coefficient (Wildman–Crippen LogP) is 1.72. The molecule has 0 aliphatic carbocycles. The van der Waals surface area contributed by atoms with Crippen LogP contribution in [0.5, 0.6) is 0 Å². The summed E-state index contributed by atoms with van der Waals surface area (Å²) in [6.07, 6.45) is 4.28. The zero-order valence-electron chi connectivity index (χ0n) is 5.84. The first-order chi connectivity index (χ1) is 4.93. The van der Waals surface area contributed by atoms with E-state index in [1.54, 1.807) is 0 Å². The lowest BCUT2D eigenvalue weighted by Crippen LogP contribution is -1.92. The zero-order valence-corrected chi connectivity index (χ0v) is 5.84. The van der Waals surface area contributed by atoms with Gasteiger partial charge in [0.25, 0.3) is 0 Å². The monoisotopic (exact) mass is 137 g/mol. The van der Waals surface area contributed by atoms with Gasteiger partial charge in [0.05, 0.1) is 12.9 Å². The van der Waals surface area contributed by atoms with Crippen LogP contribution in [0.2, 0.25) is 0 Å². The van der Waals surface area contributed by atoms with E-state index in [-0.39, 0.29) is 0 Å². The lowest BCUT2D eigenvalue weighted by atomic mass is 10.3. The average molecular weight is 137 g/mol. The molecule has 0 atom stereocenters. The van der Waals surface area contributed by atoms with Crippen molar-refractivity contribution in [2.24, 2.45) is 0 Å². The summed E-state index contributed by atoms with van der Waals surface area (Å²) in [5.41, 5.74) is 1.20. The van der Waals surface area contributed by atoms with Crippen LogP contribution >= 0.6 is 0 Å². The number of hydrogen-bond donors (Lipinski definition) is 1. The number of rotatable bonds is 4. The Hall–Kier alpha value is -1.18. The Morgan fingerprint density at radius 1 is 1.70 bits per heavy atom. The molecule has 1 rings (SSSR count). The predicted molar refractivity (Wildman–Crippen MR) is 40.6 cm³/mol. The van der Waals surface area contributed by atoms with Crippen LogP contribution in [0, 0.1) is 0 Å². The van der Waals surface area contributed by atoms with Gasteiger partial charge in [-0.3, -0.25) is 0 Å². The molecule has 2 nitrogen and oxygen atoms in total. The molecule has 0 unspecified atom stereocenters. The molecule has 0 saturated carbocycles. The van der Waals surface area contributed by atoms with E-state index in [4.69, 9.17) is 4.74 Å². The smallest absolute Gasteiger partial charge is 0.0927 e. The first-order valence-corrected chi connectivity index (χ1v) is 3.28. The summed E-state index contributed by atoms with van der Waals surface area (Å²) in [6, 6.07) is 4.01. The molecule has 0 radical (unpaired) electrons. The van der Waals surface area contributed by atoms with Crippen LogP contribution in [0.25, 0.3) is 0 Å². The fourth-order valence-corrected chi connectivity index (χ4v) is 0.775. The molecule has 1 heterocycles. The number of H-pyrrole nitrogens is 1. The minimum absolute atomic E-state index is 0.698. The average Bonchev–Trinajstić information content (AvgIpc) is 2.41. The summed E-state index contributed by atoms with van der Waals surface area (Å²) in [4.78, 5) is 3.08. The summed E-state index contributed by atoms with van der Waals surface area (Å²) in [5.74, 6) is 0. The Morgan fingerprint density at radius 2 is 2.60 bits per heavy atom. The zero-order chi connectivity index (χ0) is 7.23. The summed E-state index contributed by atoms with van der Waals surface area (Å²) in [7, 11) is 0. The van der Waals surface area contributed by atoms with Crippen LogP contribution in [0.15, 0.2) is 31.2 Å². The molecule has 0 aliphatic heterocycles. The molecule has 54 valence electrons. The molecule has 0 bridgehead atoms. The van der Waals surface area contributed by atoms with E-state index in [2.05, 4.69) is 11.6 Å². The lowest BCUT2D eigenvalue weighted by molar-refractivity contribution is 0.254. The third-order valence-electron chi connectivity index (χ3n) is 1.27. The highest BCUT2D eigenvalue weighted by Crippen LogP contribution is 1.95. The van der Waals surface area contributed by atoms with Crippen LogP contribution in [0.4, 0.5) is 0 Å². The van der Waals surface area contributed by atoms with Crippen LogP contribution in [-0.4, -0.2) is 11.6 Å². The normalized spacial score (nSPS) is 9.20. The number of ether oxygens (including phenoxy) is 1. The second kappa shape index (κ2) is 3.77. The van der Waals surface area contributed by atoms with Gasteiger partial charge >= 0.3 is 0 Å². The van der Waals surface area contributed by atoms with E-state index in [1.807, 2.05) is 18.3 Å². The van der Waals surface area contributed by atoms with Crippen molar-refractivity contribution < 1.29 is 4.74 Å².